The zero-order valence-corrected chi connectivity index (χ0v) is 12.4. The van der Waals surface area contributed by atoms with Crippen molar-refractivity contribution in [3.63, 3.8) is 0 Å². The minimum absolute atomic E-state index is 0.0599. The molecule has 102 valence electrons. The zero-order valence-electron chi connectivity index (χ0n) is 11.6. The van der Waals surface area contributed by atoms with Crippen molar-refractivity contribution in [1.29, 1.82) is 5.26 Å². The minimum atomic E-state index is 0.0599. The number of nitrogens with one attached hydrogen (secondary N) is 1. The summed E-state index contributed by atoms with van der Waals surface area (Å²) in [5.41, 5.74) is 1.61. The highest BCUT2D eigenvalue weighted by atomic mass is 32.1. The van der Waals surface area contributed by atoms with Crippen LogP contribution in [0.15, 0.2) is 0 Å². The van der Waals surface area contributed by atoms with Crippen molar-refractivity contribution in [2.45, 2.75) is 52.4 Å². The monoisotopic (exact) mass is 276 g/mol. The van der Waals surface area contributed by atoms with Crippen LogP contribution >= 0.6 is 11.3 Å². The summed E-state index contributed by atoms with van der Waals surface area (Å²) in [5.74, 6) is 0.589. The lowest BCUT2D eigenvalue weighted by Gasteiger charge is -2.20. The van der Waals surface area contributed by atoms with Gasteiger partial charge < -0.3 is 5.32 Å². The second kappa shape index (κ2) is 6.21. The van der Waals surface area contributed by atoms with E-state index in [0.29, 0.717) is 17.9 Å². The Balaban J connectivity index is 1.99. The predicted molar refractivity (Wildman–Crippen MR) is 78.3 cm³/mol. The summed E-state index contributed by atoms with van der Waals surface area (Å²) >= 11 is 1.50. The molecule has 0 bridgehead atoms. The molecule has 0 atom stereocenters. The summed E-state index contributed by atoms with van der Waals surface area (Å²) in [7, 11) is 0. The van der Waals surface area contributed by atoms with Gasteiger partial charge in [-0.3, -0.25) is 4.79 Å². The highest BCUT2D eigenvalue weighted by Crippen LogP contribution is 2.32. The molecule has 1 amide bonds. The fourth-order valence-corrected chi connectivity index (χ4v) is 3.71. The number of hydrogen-bond acceptors (Lipinski definition) is 3. The van der Waals surface area contributed by atoms with Gasteiger partial charge in [0, 0.05) is 11.3 Å². The molecule has 4 heteroatoms. The third kappa shape index (κ3) is 3.36. The van der Waals surface area contributed by atoms with E-state index in [0.717, 1.165) is 15.4 Å². The summed E-state index contributed by atoms with van der Waals surface area (Å²) < 4.78 is 0. The lowest BCUT2D eigenvalue weighted by Crippen LogP contribution is -2.18. The van der Waals surface area contributed by atoms with Crippen LogP contribution in [0.4, 0.5) is 5.00 Å². The van der Waals surface area contributed by atoms with E-state index in [2.05, 4.69) is 11.4 Å². The Hall–Kier alpha value is -1.34. The first-order valence-electron chi connectivity index (χ1n) is 6.91. The molecular formula is C15H20N2OS. The van der Waals surface area contributed by atoms with Crippen molar-refractivity contribution in [1.82, 2.24) is 0 Å². The third-order valence-electron chi connectivity index (χ3n) is 3.95. The molecule has 0 spiro atoms. The van der Waals surface area contributed by atoms with Crippen molar-refractivity contribution < 1.29 is 4.79 Å². The van der Waals surface area contributed by atoms with Crippen LogP contribution in [0, 0.1) is 31.1 Å². The molecule has 0 saturated heterocycles. The Bertz CT molecular complexity index is 507. The summed E-state index contributed by atoms with van der Waals surface area (Å²) in [5, 5.41) is 12.8. The second-order valence-corrected chi connectivity index (χ2v) is 6.58. The highest BCUT2D eigenvalue weighted by molar-refractivity contribution is 7.16. The van der Waals surface area contributed by atoms with Crippen LogP contribution in [0.5, 0.6) is 0 Å². The molecule has 1 aliphatic carbocycles. The van der Waals surface area contributed by atoms with Gasteiger partial charge >= 0.3 is 0 Å². The molecule has 1 saturated carbocycles. The second-order valence-electron chi connectivity index (χ2n) is 5.36. The van der Waals surface area contributed by atoms with Crippen LogP contribution in [0.25, 0.3) is 0 Å². The van der Waals surface area contributed by atoms with Gasteiger partial charge in [0.05, 0.1) is 5.56 Å². The Labute approximate surface area is 118 Å². The topological polar surface area (TPSA) is 52.9 Å². The fourth-order valence-electron chi connectivity index (χ4n) is 2.68. The van der Waals surface area contributed by atoms with Crippen LogP contribution in [0.1, 0.15) is 54.5 Å². The summed E-state index contributed by atoms with van der Waals surface area (Å²) in [6.45, 7) is 3.92. The number of rotatable bonds is 3. The van der Waals surface area contributed by atoms with Gasteiger partial charge in [0.25, 0.3) is 0 Å². The average Bonchev–Trinajstić information content (AvgIpc) is 2.65. The Morgan fingerprint density at radius 2 is 2.05 bits per heavy atom. The van der Waals surface area contributed by atoms with E-state index in [-0.39, 0.29) is 5.91 Å². The van der Waals surface area contributed by atoms with Crippen LogP contribution in [0.3, 0.4) is 0 Å². The third-order valence-corrected chi connectivity index (χ3v) is 5.07. The number of nitrogens with zero attached hydrogens (tertiary/aromatic N) is 1. The molecule has 3 nitrogen and oxygen atoms in total. The zero-order chi connectivity index (χ0) is 13.8. The maximum absolute atomic E-state index is 12.1. The lowest BCUT2D eigenvalue weighted by molar-refractivity contribution is -0.117. The molecule has 19 heavy (non-hydrogen) atoms. The van der Waals surface area contributed by atoms with Crippen LogP contribution in [-0.4, -0.2) is 5.91 Å². The number of anilines is 1. The summed E-state index contributed by atoms with van der Waals surface area (Å²) in [6, 6.07) is 2.19. The number of hydrogen-bond donors (Lipinski definition) is 1. The molecule has 0 aliphatic heterocycles. The fraction of sp³-hybridized carbons (Fsp3) is 0.600. The number of thiophene rings is 1. The van der Waals surface area contributed by atoms with E-state index in [1.165, 1.54) is 43.4 Å². The van der Waals surface area contributed by atoms with Gasteiger partial charge in [0.2, 0.25) is 5.91 Å². The largest absolute Gasteiger partial charge is 0.317 e. The summed E-state index contributed by atoms with van der Waals surface area (Å²) in [6.07, 6.45) is 6.74. The van der Waals surface area contributed by atoms with Gasteiger partial charge in [-0.1, -0.05) is 19.3 Å². The lowest BCUT2D eigenvalue weighted by atomic mass is 9.87. The standard InChI is InChI=1S/C15H20N2OS/c1-10-11(2)19-15(13(10)9-16)17-14(18)8-12-6-4-3-5-7-12/h12H,3-8H2,1-2H3,(H,17,18). The highest BCUT2D eigenvalue weighted by Gasteiger charge is 2.19. The van der Waals surface area contributed by atoms with Gasteiger partial charge in [-0.05, 0) is 38.2 Å². The number of carbonyl (C=O) groups is 1. The molecule has 0 aromatic carbocycles. The van der Waals surface area contributed by atoms with E-state index >= 15 is 0 Å². The van der Waals surface area contributed by atoms with Gasteiger partial charge in [-0.15, -0.1) is 11.3 Å². The SMILES string of the molecule is Cc1sc(NC(=O)CC2CCCCC2)c(C#N)c1C. The Kier molecular flexibility index (Phi) is 4.60. The molecule has 1 fully saturated rings. The van der Waals surface area contributed by atoms with E-state index < -0.39 is 0 Å². The van der Waals surface area contributed by atoms with Crippen LogP contribution < -0.4 is 5.32 Å². The van der Waals surface area contributed by atoms with Crippen molar-refractivity contribution >= 4 is 22.2 Å². The maximum Gasteiger partial charge on any atom is 0.225 e. The average molecular weight is 276 g/mol. The van der Waals surface area contributed by atoms with Crippen LogP contribution in [-0.2, 0) is 4.79 Å². The van der Waals surface area contributed by atoms with E-state index in [4.69, 9.17) is 5.26 Å². The van der Waals surface area contributed by atoms with Crippen LogP contribution in [0.2, 0.25) is 0 Å². The minimum Gasteiger partial charge on any atom is -0.317 e. The molecule has 2 rings (SSSR count). The first kappa shape index (κ1) is 14.1. The van der Waals surface area contributed by atoms with Gasteiger partial charge in [0.15, 0.2) is 0 Å². The smallest absolute Gasteiger partial charge is 0.225 e. The van der Waals surface area contributed by atoms with Crippen molar-refractivity contribution in [2.24, 2.45) is 5.92 Å². The van der Waals surface area contributed by atoms with Crippen molar-refractivity contribution in [3.05, 3.63) is 16.0 Å². The first-order valence-corrected chi connectivity index (χ1v) is 7.73. The molecule has 1 aromatic heterocycles. The number of nitriles is 1. The van der Waals surface area contributed by atoms with E-state index in [9.17, 15) is 4.79 Å². The van der Waals surface area contributed by atoms with Gasteiger partial charge in [-0.2, -0.15) is 5.26 Å². The van der Waals surface area contributed by atoms with E-state index in [1.54, 1.807) is 0 Å². The quantitative estimate of drug-likeness (QED) is 0.901. The number of aryl methyl sites for hydroxylation is 1. The molecule has 1 aliphatic rings. The molecule has 0 radical (unpaired) electrons. The maximum atomic E-state index is 12.1. The predicted octanol–water partition coefficient (Wildman–Crippen LogP) is 4.15. The Morgan fingerprint density at radius 1 is 1.37 bits per heavy atom. The number of amides is 1. The number of carbonyl (C=O) groups excluding carboxylic acids is 1. The van der Waals surface area contributed by atoms with Crippen molar-refractivity contribution in [2.75, 3.05) is 5.32 Å². The molecule has 1 N–H and O–H groups in total. The molecule has 1 heterocycles. The molecular weight excluding hydrogens is 256 g/mol. The molecule has 1 aromatic rings. The van der Waals surface area contributed by atoms with Crippen molar-refractivity contribution in [3.8, 4) is 6.07 Å². The van der Waals surface area contributed by atoms with Gasteiger partial charge in [0.1, 0.15) is 11.1 Å². The summed E-state index contributed by atoms with van der Waals surface area (Å²) in [4.78, 5) is 13.2. The normalized spacial score (nSPS) is 16.1. The Morgan fingerprint density at radius 3 is 2.68 bits per heavy atom. The first-order chi connectivity index (χ1) is 9.11. The molecule has 0 unspecified atom stereocenters. The van der Waals surface area contributed by atoms with E-state index in [1.807, 2.05) is 13.8 Å². The van der Waals surface area contributed by atoms with Gasteiger partial charge in [-0.25, -0.2) is 0 Å².